The number of amides is 1. The Bertz CT molecular complexity index is 586. The second-order valence-electron chi connectivity index (χ2n) is 4.65. The summed E-state index contributed by atoms with van der Waals surface area (Å²) in [6, 6.07) is 7.98. The fourth-order valence-corrected chi connectivity index (χ4v) is 2.93. The van der Waals surface area contributed by atoms with Gasteiger partial charge in [0.1, 0.15) is 5.82 Å². The normalized spacial score (nSPS) is 24.6. The maximum atomic E-state index is 12.4. The lowest BCUT2D eigenvalue weighted by Gasteiger charge is -2.15. The monoisotopic (exact) mass is 224 g/mol. The van der Waals surface area contributed by atoms with Gasteiger partial charge in [-0.15, -0.1) is 0 Å². The number of carbonyl (C=O) groups is 1. The molecule has 0 bridgehead atoms. The van der Waals surface area contributed by atoms with E-state index < -0.39 is 0 Å². The second-order valence-corrected chi connectivity index (χ2v) is 4.65. The molecule has 0 aromatic heterocycles. The Morgan fingerprint density at radius 3 is 3.06 bits per heavy atom. The molecule has 1 unspecified atom stereocenters. The van der Waals surface area contributed by atoms with Crippen LogP contribution in [0.3, 0.4) is 0 Å². The smallest absolute Gasteiger partial charge is 0.240 e. The minimum atomic E-state index is 0.0656. The third kappa shape index (κ3) is 1.04. The Labute approximate surface area is 99.4 Å². The maximum absolute atomic E-state index is 12.4. The molecule has 1 amide bonds. The van der Waals surface area contributed by atoms with E-state index in [2.05, 4.69) is 17.5 Å². The molecule has 2 aliphatic heterocycles. The fraction of sp³-hybridized carbons (Fsp3) is 0.214. The molecule has 1 N–H and O–H groups in total. The molecule has 2 heterocycles. The van der Waals surface area contributed by atoms with Gasteiger partial charge in [-0.2, -0.15) is 0 Å². The Morgan fingerprint density at radius 1 is 1.24 bits per heavy atom. The van der Waals surface area contributed by atoms with E-state index in [9.17, 15) is 4.79 Å². The first-order valence-electron chi connectivity index (χ1n) is 5.94. The highest BCUT2D eigenvalue weighted by atomic mass is 16.2. The standard InChI is InChI=1S/C14H12N2O/c17-14-10-6-2-1-5-9(10)13-15-11-7-3-4-8-12(11)16(13)14/h1-4,7-8,10,15H,5-6H2. The van der Waals surface area contributed by atoms with Gasteiger partial charge >= 0.3 is 0 Å². The molecule has 17 heavy (non-hydrogen) atoms. The molecule has 3 heteroatoms. The number of allylic oxidation sites excluding steroid dienone is 2. The zero-order valence-electron chi connectivity index (χ0n) is 9.31. The molecule has 84 valence electrons. The van der Waals surface area contributed by atoms with Crippen LogP contribution in [-0.2, 0) is 4.79 Å². The molecule has 1 aliphatic carbocycles. The van der Waals surface area contributed by atoms with E-state index >= 15 is 0 Å². The van der Waals surface area contributed by atoms with Crippen molar-refractivity contribution in [2.45, 2.75) is 12.8 Å². The zero-order chi connectivity index (χ0) is 11.4. The highest BCUT2D eigenvalue weighted by Crippen LogP contribution is 2.46. The lowest BCUT2D eigenvalue weighted by Crippen LogP contribution is -2.27. The summed E-state index contributed by atoms with van der Waals surface area (Å²) in [5.41, 5.74) is 3.28. The molecular formula is C14H12N2O. The van der Waals surface area contributed by atoms with Crippen molar-refractivity contribution in [2.75, 3.05) is 10.2 Å². The quantitative estimate of drug-likeness (QED) is 0.687. The number of benzene rings is 1. The third-order valence-electron chi connectivity index (χ3n) is 3.74. The van der Waals surface area contributed by atoms with Gasteiger partial charge in [0, 0.05) is 0 Å². The van der Waals surface area contributed by atoms with Gasteiger partial charge in [0.15, 0.2) is 0 Å². The van der Waals surface area contributed by atoms with Crippen molar-refractivity contribution in [3.8, 4) is 0 Å². The number of anilines is 2. The van der Waals surface area contributed by atoms with Crippen molar-refractivity contribution in [1.82, 2.24) is 0 Å². The second kappa shape index (κ2) is 3.00. The van der Waals surface area contributed by atoms with Gasteiger partial charge in [-0.25, -0.2) is 0 Å². The molecule has 0 saturated carbocycles. The van der Waals surface area contributed by atoms with Crippen molar-refractivity contribution in [3.05, 3.63) is 47.8 Å². The molecule has 4 rings (SSSR count). The molecule has 3 nitrogen and oxygen atoms in total. The summed E-state index contributed by atoms with van der Waals surface area (Å²) < 4.78 is 0. The molecular weight excluding hydrogens is 212 g/mol. The van der Waals surface area contributed by atoms with Gasteiger partial charge in [-0.05, 0) is 30.5 Å². The Morgan fingerprint density at radius 2 is 2.12 bits per heavy atom. The van der Waals surface area contributed by atoms with Crippen molar-refractivity contribution in [3.63, 3.8) is 0 Å². The summed E-state index contributed by atoms with van der Waals surface area (Å²) in [5.74, 6) is 1.29. The highest BCUT2D eigenvalue weighted by molar-refractivity contribution is 6.09. The van der Waals surface area contributed by atoms with E-state index in [4.69, 9.17) is 0 Å². The minimum absolute atomic E-state index is 0.0656. The molecule has 0 saturated heterocycles. The van der Waals surface area contributed by atoms with Crippen LogP contribution in [0.15, 0.2) is 47.8 Å². The van der Waals surface area contributed by atoms with E-state index in [0.29, 0.717) is 0 Å². The van der Waals surface area contributed by atoms with Gasteiger partial charge in [-0.3, -0.25) is 9.69 Å². The van der Waals surface area contributed by atoms with Gasteiger partial charge in [0.25, 0.3) is 0 Å². The summed E-state index contributed by atoms with van der Waals surface area (Å²) in [6.07, 6.45) is 6.00. The van der Waals surface area contributed by atoms with E-state index in [1.807, 2.05) is 29.2 Å². The highest BCUT2D eigenvalue weighted by Gasteiger charge is 2.43. The summed E-state index contributed by atoms with van der Waals surface area (Å²) >= 11 is 0. The Hall–Kier alpha value is -2.03. The molecule has 3 aliphatic rings. The van der Waals surface area contributed by atoms with Crippen LogP contribution in [0.25, 0.3) is 0 Å². The number of nitrogens with one attached hydrogen (secondary N) is 1. The average Bonchev–Trinajstić information content (AvgIpc) is 2.88. The van der Waals surface area contributed by atoms with E-state index in [1.165, 1.54) is 5.57 Å². The first kappa shape index (κ1) is 9.05. The third-order valence-corrected chi connectivity index (χ3v) is 3.74. The zero-order valence-corrected chi connectivity index (χ0v) is 9.31. The summed E-state index contributed by atoms with van der Waals surface area (Å²) in [4.78, 5) is 14.2. The maximum Gasteiger partial charge on any atom is 0.240 e. The van der Waals surface area contributed by atoms with Crippen LogP contribution in [0.5, 0.6) is 0 Å². The largest absolute Gasteiger partial charge is 0.340 e. The van der Waals surface area contributed by atoms with Gasteiger partial charge < -0.3 is 5.32 Å². The molecule has 1 aromatic rings. The Kier molecular flexibility index (Phi) is 1.60. The number of hydrogen-bond acceptors (Lipinski definition) is 2. The van der Waals surface area contributed by atoms with E-state index in [0.717, 1.165) is 30.0 Å². The summed E-state index contributed by atoms with van der Waals surface area (Å²) in [6.45, 7) is 0. The van der Waals surface area contributed by atoms with Crippen LogP contribution in [0.2, 0.25) is 0 Å². The van der Waals surface area contributed by atoms with Crippen molar-refractivity contribution >= 4 is 17.3 Å². The molecule has 1 atom stereocenters. The number of hydrogen-bond donors (Lipinski definition) is 1. The lowest BCUT2D eigenvalue weighted by atomic mass is 9.90. The van der Waals surface area contributed by atoms with Gasteiger partial charge in [-0.1, -0.05) is 24.3 Å². The Balaban J connectivity index is 1.90. The van der Waals surface area contributed by atoms with Crippen LogP contribution in [0, 0.1) is 5.92 Å². The van der Waals surface area contributed by atoms with Crippen LogP contribution >= 0.6 is 0 Å². The van der Waals surface area contributed by atoms with Crippen molar-refractivity contribution in [1.29, 1.82) is 0 Å². The van der Waals surface area contributed by atoms with Gasteiger partial charge in [0.05, 0.1) is 17.3 Å². The first-order valence-corrected chi connectivity index (χ1v) is 5.94. The molecule has 0 radical (unpaired) electrons. The van der Waals surface area contributed by atoms with E-state index in [1.54, 1.807) is 0 Å². The van der Waals surface area contributed by atoms with E-state index in [-0.39, 0.29) is 11.8 Å². The number of rotatable bonds is 0. The first-order chi connectivity index (χ1) is 8.36. The van der Waals surface area contributed by atoms with Crippen molar-refractivity contribution in [2.24, 2.45) is 5.92 Å². The van der Waals surface area contributed by atoms with Crippen molar-refractivity contribution < 1.29 is 4.79 Å². The van der Waals surface area contributed by atoms with Crippen LogP contribution in [-0.4, -0.2) is 5.91 Å². The number of carbonyl (C=O) groups excluding carboxylic acids is 1. The number of para-hydroxylation sites is 2. The minimum Gasteiger partial charge on any atom is -0.340 e. The number of nitrogens with zero attached hydrogens (tertiary/aromatic N) is 1. The molecule has 0 fully saturated rings. The van der Waals surface area contributed by atoms with Gasteiger partial charge in [0.2, 0.25) is 5.91 Å². The summed E-state index contributed by atoms with van der Waals surface area (Å²) in [7, 11) is 0. The SMILES string of the molecule is O=C1C2CC=CCC2=C2Nc3ccccc3N12. The van der Waals surface area contributed by atoms with Crippen LogP contribution in [0.1, 0.15) is 12.8 Å². The average molecular weight is 224 g/mol. The predicted molar refractivity (Wildman–Crippen MR) is 66.4 cm³/mol. The lowest BCUT2D eigenvalue weighted by molar-refractivity contribution is -0.119. The van der Waals surface area contributed by atoms with Crippen LogP contribution in [0.4, 0.5) is 11.4 Å². The van der Waals surface area contributed by atoms with Crippen LogP contribution < -0.4 is 10.2 Å². The molecule has 0 spiro atoms. The summed E-state index contributed by atoms with van der Waals surface area (Å²) in [5, 5.41) is 3.38. The number of fused-ring (bicyclic) bond motifs is 4. The predicted octanol–water partition coefficient (Wildman–Crippen LogP) is 2.64. The topological polar surface area (TPSA) is 32.3 Å². The molecule has 1 aromatic carbocycles. The fourth-order valence-electron chi connectivity index (χ4n) is 2.93.